The van der Waals surface area contributed by atoms with Gasteiger partial charge in [-0.2, -0.15) is 0 Å². The van der Waals surface area contributed by atoms with Gasteiger partial charge in [0.15, 0.2) is 0 Å². The molecule has 1 amide bonds. The topological polar surface area (TPSA) is 70.6 Å². The van der Waals surface area contributed by atoms with Crippen molar-refractivity contribution in [3.05, 3.63) is 53.8 Å². The highest BCUT2D eigenvalue weighted by atomic mass is 19.1. The molecule has 0 saturated carbocycles. The van der Waals surface area contributed by atoms with Crippen molar-refractivity contribution < 1.29 is 19.0 Å². The molecule has 0 bridgehead atoms. The minimum Gasteiger partial charge on any atom is -0.494 e. The number of benzene rings is 2. The number of rotatable bonds is 7. The predicted octanol–water partition coefficient (Wildman–Crippen LogP) is 3.16. The number of ether oxygens (including phenoxy) is 1. The highest BCUT2D eigenvalue weighted by molar-refractivity contribution is 5.96. The first-order valence-corrected chi connectivity index (χ1v) is 7.73. The van der Waals surface area contributed by atoms with Crippen molar-refractivity contribution in [3.8, 4) is 5.75 Å². The summed E-state index contributed by atoms with van der Waals surface area (Å²) in [5, 5.41) is 15.1. The summed E-state index contributed by atoms with van der Waals surface area (Å²) in [5.74, 6) is -0.0880. The van der Waals surface area contributed by atoms with Gasteiger partial charge in [-0.25, -0.2) is 4.39 Å². The molecular formula is C18H21FN2O3. The number of aliphatic hydroxyl groups excluding tert-OH is 1. The summed E-state index contributed by atoms with van der Waals surface area (Å²) in [6.45, 7) is 3.91. The third kappa shape index (κ3) is 4.70. The first-order chi connectivity index (χ1) is 11.5. The number of hydrogen-bond donors (Lipinski definition) is 3. The molecule has 6 heteroatoms. The van der Waals surface area contributed by atoms with E-state index in [-0.39, 0.29) is 12.5 Å². The minimum absolute atomic E-state index is 0.158. The van der Waals surface area contributed by atoms with Crippen LogP contribution in [-0.4, -0.2) is 23.7 Å². The van der Waals surface area contributed by atoms with Crippen LogP contribution in [0.15, 0.2) is 42.5 Å². The molecule has 0 saturated heterocycles. The summed E-state index contributed by atoms with van der Waals surface area (Å²) in [4.78, 5) is 12.2. The van der Waals surface area contributed by atoms with Gasteiger partial charge in [-0.15, -0.1) is 0 Å². The molecule has 0 aliphatic rings. The van der Waals surface area contributed by atoms with Crippen LogP contribution < -0.4 is 15.4 Å². The van der Waals surface area contributed by atoms with Crippen LogP contribution in [0.25, 0.3) is 0 Å². The maximum atomic E-state index is 13.1. The molecule has 3 N–H and O–H groups in total. The lowest BCUT2D eigenvalue weighted by Crippen LogP contribution is -2.31. The second-order valence-electron chi connectivity index (χ2n) is 5.28. The average molecular weight is 332 g/mol. The number of carbonyl (C=O) groups excluding carboxylic acids is 1. The lowest BCUT2D eigenvalue weighted by molar-refractivity contribution is -0.116. The van der Waals surface area contributed by atoms with E-state index in [0.717, 1.165) is 0 Å². The molecule has 24 heavy (non-hydrogen) atoms. The van der Waals surface area contributed by atoms with E-state index in [2.05, 4.69) is 10.6 Å². The summed E-state index contributed by atoms with van der Waals surface area (Å²) in [6.07, 6.45) is 0. The molecule has 5 nitrogen and oxygen atoms in total. The second-order valence-corrected chi connectivity index (χ2v) is 5.28. The van der Waals surface area contributed by atoms with Crippen LogP contribution >= 0.6 is 0 Å². The van der Waals surface area contributed by atoms with E-state index in [9.17, 15) is 14.3 Å². The van der Waals surface area contributed by atoms with Crippen molar-refractivity contribution in [1.29, 1.82) is 0 Å². The molecule has 1 atom stereocenters. The van der Waals surface area contributed by atoms with Gasteiger partial charge in [0, 0.05) is 16.9 Å². The maximum Gasteiger partial charge on any atom is 0.246 e. The first-order valence-electron chi connectivity index (χ1n) is 7.73. The molecule has 0 aliphatic carbocycles. The SMILES string of the molecule is CCOc1ccc(NC(C)C(=O)Nc2cccc(F)c2)cc1CO. The van der Waals surface area contributed by atoms with Gasteiger partial charge in [0.1, 0.15) is 17.6 Å². The normalized spacial score (nSPS) is 11.7. The van der Waals surface area contributed by atoms with Gasteiger partial charge in [-0.05, 0) is 50.2 Å². The van der Waals surface area contributed by atoms with Gasteiger partial charge in [0.25, 0.3) is 0 Å². The molecular weight excluding hydrogens is 311 g/mol. The molecule has 0 fully saturated rings. The lowest BCUT2D eigenvalue weighted by atomic mass is 10.1. The van der Waals surface area contributed by atoms with Gasteiger partial charge in [-0.1, -0.05) is 6.07 Å². The highest BCUT2D eigenvalue weighted by Gasteiger charge is 2.14. The fraction of sp³-hybridized carbons (Fsp3) is 0.278. The van der Waals surface area contributed by atoms with Crippen molar-refractivity contribution in [2.45, 2.75) is 26.5 Å². The number of carbonyl (C=O) groups is 1. The quantitative estimate of drug-likeness (QED) is 0.728. The molecule has 2 rings (SSSR count). The zero-order valence-corrected chi connectivity index (χ0v) is 13.7. The van der Waals surface area contributed by atoms with Gasteiger partial charge in [0.05, 0.1) is 13.2 Å². The maximum absolute atomic E-state index is 13.1. The Morgan fingerprint density at radius 1 is 1.25 bits per heavy atom. The Kier molecular flexibility index (Phi) is 6.14. The van der Waals surface area contributed by atoms with E-state index in [1.165, 1.54) is 18.2 Å². The Morgan fingerprint density at radius 2 is 2.04 bits per heavy atom. The number of anilines is 2. The number of nitrogens with one attached hydrogen (secondary N) is 2. The summed E-state index contributed by atoms with van der Waals surface area (Å²) < 4.78 is 18.6. The standard InChI is InChI=1S/C18H21FN2O3/c1-3-24-17-8-7-16(9-13(17)11-22)20-12(2)18(23)21-15-6-4-5-14(19)10-15/h4-10,12,20,22H,3,11H2,1-2H3,(H,21,23). The van der Waals surface area contributed by atoms with Gasteiger partial charge in [0.2, 0.25) is 5.91 Å². The van der Waals surface area contributed by atoms with Crippen LogP contribution in [0.1, 0.15) is 19.4 Å². The summed E-state index contributed by atoms with van der Waals surface area (Å²) in [6, 6.07) is 10.4. The van der Waals surface area contributed by atoms with E-state index < -0.39 is 11.9 Å². The number of halogens is 1. The van der Waals surface area contributed by atoms with Gasteiger partial charge in [-0.3, -0.25) is 4.79 Å². The Hall–Kier alpha value is -2.60. The Labute approximate surface area is 140 Å². The van der Waals surface area contributed by atoms with Crippen LogP contribution in [0, 0.1) is 5.82 Å². The van der Waals surface area contributed by atoms with Crippen molar-refractivity contribution in [3.63, 3.8) is 0 Å². The monoisotopic (exact) mass is 332 g/mol. The number of amides is 1. The fourth-order valence-electron chi connectivity index (χ4n) is 2.22. The van der Waals surface area contributed by atoms with Crippen molar-refractivity contribution in [2.24, 2.45) is 0 Å². The smallest absolute Gasteiger partial charge is 0.246 e. The molecule has 0 spiro atoms. The van der Waals surface area contributed by atoms with E-state index in [0.29, 0.717) is 29.3 Å². The number of aliphatic hydroxyl groups is 1. The van der Waals surface area contributed by atoms with Gasteiger partial charge < -0.3 is 20.5 Å². The Balaban J connectivity index is 2.03. The third-order valence-electron chi connectivity index (χ3n) is 3.40. The van der Waals surface area contributed by atoms with Crippen LogP contribution in [0.2, 0.25) is 0 Å². The van der Waals surface area contributed by atoms with Crippen molar-refractivity contribution >= 4 is 17.3 Å². The highest BCUT2D eigenvalue weighted by Crippen LogP contribution is 2.23. The minimum atomic E-state index is -0.544. The first kappa shape index (κ1) is 17.7. The van der Waals surface area contributed by atoms with Crippen LogP contribution in [0.3, 0.4) is 0 Å². The summed E-state index contributed by atoms with van der Waals surface area (Å²) in [5.41, 5.74) is 1.72. The van der Waals surface area contributed by atoms with E-state index in [1.54, 1.807) is 31.2 Å². The molecule has 2 aromatic carbocycles. The van der Waals surface area contributed by atoms with E-state index in [4.69, 9.17) is 4.74 Å². The Bertz CT molecular complexity index is 706. The zero-order chi connectivity index (χ0) is 17.5. The molecule has 0 heterocycles. The molecule has 0 aromatic heterocycles. The lowest BCUT2D eigenvalue weighted by Gasteiger charge is -2.17. The van der Waals surface area contributed by atoms with Crippen molar-refractivity contribution in [2.75, 3.05) is 17.2 Å². The second kappa shape index (κ2) is 8.31. The van der Waals surface area contributed by atoms with Crippen molar-refractivity contribution in [1.82, 2.24) is 0 Å². The fourth-order valence-corrected chi connectivity index (χ4v) is 2.22. The molecule has 2 aromatic rings. The van der Waals surface area contributed by atoms with Crippen LogP contribution in [0.5, 0.6) is 5.75 Å². The van der Waals surface area contributed by atoms with Gasteiger partial charge >= 0.3 is 0 Å². The molecule has 1 unspecified atom stereocenters. The van der Waals surface area contributed by atoms with Crippen LogP contribution in [-0.2, 0) is 11.4 Å². The average Bonchev–Trinajstić information content (AvgIpc) is 2.56. The predicted molar refractivity (Wildman–Crippen MR) is 91.6 cm³/mol. The summed E-state index contributed by atoms with van der Waals surface area (Å²) >= 11 is 0. The Morgan fingerprint density at radius 3 is 2.71 bits per heavy atom. The van der Waals surface area contributed by atoms with Crippen LogP contribution in [0.4, 0.5) is 15.8 Å². The van der Waals surface area contributed by atoms with E-state index >= 15 is 0 Å². The largest absolute Gasteiger partial charge is 0.494 e. The zero-order valence-electron chi connectivity index (χ0n) is 13.7. The third-order valence-corrected chi connectivity index (χ3v) is 3.40. The molecule has 128 valence electrons. The number of hydrogen-bond acceptors (Lipinski definition) is 4. The van der Waals surface area contributed by atoms with E-state index in [1.807, 2.05) is 6.92 Å². The summed E-state index contributed by atoms with van der Waals surface area (Å²) in [7, 11) is 0. The molecule has 0 aliphatic heterocycles. The molecule has 0 radical (unpaired) electrons.